The van der Waals surface area contributed by atoms with Crippen LogP contribution in [0.4, 0.5) is 13.6 Å². The highest BCUT2D eigenvalue weighted by molar-refractivity contribution is 14.0. The van der Waals surface area contributed by atoms with Crippen molar-refractivity contribution in [2.24, 2.45) is 4.99 Å². The van der Waals surface area contributed by atoms with Gasteiger partial charge >= 0.3 is 6.09 Å². The molecule has 1 amide bonds. The van der Waals surface area contributed by atoms with Gasteiger partial charge in [-0.15, -0.1) is 24.0 Å². The molecule has 0 aromatic carbocycles. The van der Waals surface area contributed by atoms with E-state index in [1.807, 2.05) is 13.8 Å². The molecule has 0 aromatic heterocycles. The Bertz CT molecular complexity index is 397. The normalized spacial score (nSPS) is 12.5. The zero-order chi connectivity index (χ0) is 18.1. The van der Waals surface area contributed by atoms with Crippen molar-refractivity contribution < 1.29 is 18.3 Å². The van der Waals surface area contributed by atoms with Crippen LogP contribution in [0.3, 0.4) is 0 Å². The van der Waals surface area contributed by atoms with E-state index in [1.54, 1.807) is 20.8 Å². The summed E-state index contributed by atoms with van der Waals surface area (Å²) in [6, 6.07) is 0. The number of nitrogens with one attached hydrogen (secondary N) is 3. The second kappa shape index (κ2) is 11.6. The lowest BCUT2D eigenvalue weighted by atomic mass is 9.93. The molecule has 0 aliphatic rings. The van der Waals surface area contributed by atoms with E-state index in [9.17, 15) is 13.6 Å². The molecule has 0 heterocycles. The minimum absolute atomic E-state index is 0. The van der Waals surface area contributed by atoms with Crippen LogP contribution >= 0.6 is 24.0 Å². The largest absolute Gasteiger partial charge is 0.444 e. The third kappa shape index (κ3) is 10.8. The van der Waals surface area contributed by atoms with E-state index in [-0.39, 0.29) is 29.9 Å². The highest BCUT2D eigenvalue weighted by Gasteiger charge is 2.30. The molecule has 0 atom stereocenters. The monoisotopic (exact) mass is 464 g/mol. The van der Waals surface area contributed by atoms with Crippen molar-refractivity contribution in [3.63, 3.8) is 0 Å². The van der Waals surface area contributed by atoms with Crippen molar-refractivity contribution >= 4 is 36.0 Å². The van der Waals surface area contributed by atoms with Crippen molar-refractivity contribution in [3.05, 3.63) is 0 Å². The van der Waals surface area contributed by atoms with E-state index in [0.29, 0.717) is 19.4 Å². The fourth-order valence-electron chi connectivity index (χ4n) is 1.89. The molecule has 0 unspecified atom stereocenters. The van der Waals surface area contributed by atoms with Gasteiger partial charge < -0.3 is 20.7 Å². The van der Waals surface area contributed by atoms with E-state index in [2.05, 4.69) is 20.9 Å². The summed E-state index contributed by atoms with van der Waals surface area (Å²) in [5, 5.41) is 8.37. The van der Waals surface area contributed by atoms with Crippen molar-refractivity contribution in [1.29, 1.82) is 0 Å². The molecule has 0 spiro atoms. The molecular weight excluding hydrogens is 433 g/mol. The molecule has 0 saturated heterocycles. The summed E-state index contributed by atoms with van der Waals surface area (Å²) in [7, 11) is 1.50. The van der Waals surface area contributed by atoms with Crippen molar-refractivity contribution in [2.45, 2.75) is 65.0 Å². The maximum atomic E-state index is 12.2. The fourth-order valence-corrected chi connectivity index (χ4v) is 1.89. The summed E-state index contributed by atoms with van der Waals surface area (Å²) in [6.07, 6.45) is -1.66. The lowest BCUT2D eigenvalue weighted by molar-refractivity contribution is 0.0448. The van der Waals surface area contributed by atoms with Crippen molar-refractivity contribution in [3.8, 4) is 0 Å². The number of ether oxygens (including phenoxy) is 1. The third-order valence-corrected chi connectivity index (χ3v) is 3.36. The van der Waals surface area contributed by atoms with Crippen LogP contribution in [0, 0.1) is 0 Å². The SMILES string of the molecule is CCC(CC)(CNC(=NC)NCC(F)F)NC(=O)OC(C)(C)C.I. The van der Waals surface area contributed by atoms with Crippen molar-refractivity contribution in [2.75, 3.05) is 20.1 Å². The Morgan fingerprint density at radius 3 is 2.08 bits per heavy atom. The van der Waals surface area contributed by atoms with Gasteiger partial charge in [0.15, 0.2) is 5.96 Å². The first-order valence-corrected chi connectivity index (χ1v) is 7.81. The first-order valence-electron chi connectivity index (χ1n) is 7.81. The predicted molar refractivity (Wildman–Crippen MR) is 103 cm³/mol. The van der Waals surface area contributed by atoms with E-state index < -0.39 is 30.2 Å². The molecular formula is C15H31F2IN4O2. The Morgan fingerprint density at radius 1 is 1.17 bits per heavy atom. The summed E-state index contributed by atoms with van der Waals surface area (Å²) in [5.74, 6) is 0.266. The van der Waals surface area contributed by atoms with Gasteiger partial charge in [-0.05, 0) is 33.6 Å². The first kappa shape index (κ1) is 25.4. The van der Waals surface area contributed by atoms with E-state index >= 15 is 0 Å². The number of halogens is 3. The Labute approximate surface area is 160 Å². The summed E-state index contributed by atoms with van der Waals surface area (Å²) >= 11 is 0. The molecule has 0 bridgehead atoms. The van der Waals surface area contributed by atoms with Gasteiger partial charge in [0.2, 0.25) is 0 Å². The summed E-state index contributed by atoms with van der Waals surface area (Å²) < 4.78 is 29.8. The lowest BCUT2D eigenvalue weighted by Gasteiger charge is -2.34. The summed E-state index contributed by atoms with van der Waals surface area (Å²) in [5.41, 5.74) is -1.13. The second-order valence-corrected chi connectivity index (χ2v) is 6.31. The van der Waals surface area contributed by atoms with Crippen LogP contribution in [-0.4, -0.2) is 49.8 Å². The fraction of sp³-hybridized carbons (Fsp3) is 0.867. The summed E-state index contributed by atoms with van der Waals surface area (Å²) in [6.45, 7) is 9.13. The number of nitrogens with zero attached hydrogens (tertiary/aromatic N) is 1. The topological polar surface area (TPSA) is 74.8 Å². The molecule has 24 heavy (non-hydrogen) atoms. The van der Waals surface area contributed by atoms with Crippen LogP contribution in [-0.2, 0) is 4.74 Å². The number of rotatable bonds is 7. The zero-order valence-corrected chi connectivity index (χ0v) is 17.7. The molecule has 0 fully saturated rings. The number of hydrogen-bond donors (Lipinski definition) is 3. The zero-order valence-electron chi connectivity index (χ0n) is 15.3. The number of hydrogen-bond acceptors (Lipinski definition) is 3. The number of carbonyl (C=O) groups excluding carboxylic acids is 1. The van der Waals surface area contributed by atoms with Crippen LogP contribution in [0.2, 0.25) is 0 Å². The Hall–Kier alpha value is -0.870. The highest BCUT2D eigenvalue weighted by Crippen LogP contribution is 2.16. The van der Waals surface area contributed by atoms with Gasteiger partial charge in [0, 0.05) is 13.6 Å². The average Bonchev–Trinajstić information content (AvgIpc) is 2.43. The number of alkyl carbamates (subject to hydrolysis) is 1. The molecule has 0 rings (SSSR count). The van der Waals surface area contributed by atoms with Gasteiger partial charge in [0.1, 0.15) is 5.60 Å². The van der Waals surface area contributed by atoms with Crippen LogP contribution in [0.15, 0.2) is 4.99 Å². The molecule has 0 aliphatic carbocycles. The van der Waals surface area contributed by atoms with Gasteiger partial charge in [-0.3, -0.25) is 4.99 Å². The van der Waals surface area contributed by atoms with Crippen LogP contribution in [0.25, 0.3) is 0 Å². The highest BCUT2D eigenvalue weighted by atomic mass is 127. The molecule has 0 saturated carbocycles. The Balaban J connectivity index is 0. The standard InChI is InChI=1S/C15H30F2N4O2.HI/c1-7-15(8-2,21-13(22)23-14(3,4)5)10-20-12(18-6)19-9-11(16)17;/h11H,7-10H2,1-6H3,(H,21,22)(H2,18,19,20);1H. The minimum Gasteiger partial charge on any atom is -0.444 e. The van der Waals surface area contributed by atoms with Gasteiger partial charge in [-0.1, -0.05) is 13.8 Å². The maximum absolute atomic E-state index is 12.2. The quantitative estimate of drug-likeness (QED) is 0.308. The van der Waals surface area contributed by atoms with Gasteiger partial charge in [0.25, 0.3) is 6.43 Å². The van der Waals surface area contributed by atoms with Gasteiger partial charge in [-0.2, -0.15) is 0 Å². The first-order chi connectivity index (χ1) is 10.6. The maximum Gasteiger partial charge on any atom is 0.408 e. The second-order valence-electron chi connectivity index (χ2n) is 6.31. The van der Waals surface area contributed by atoms with Gasteiger partial charge in [0.05, 0.1) is 12.1 Å². The molecule has 0 aromatic rings. The van der Waals surface area contributed by atoms with E-state index in [1.165, 1.54) is 7.05 Å². The number of alkyl halides is 2. The Kier molecular flexibility index (Phi) is 12.3. The van der Waals surface area contributed by atoms with Gasteiger partial charge in [-0.25, -0.2) is 13.6 Å². The van der Waals surface area contributed by atoms with Crippen LogP contribution < -0.4 is 16.0 Å². The number of carbonyl (C=O) groups is 1. The predicted octanol–water partition coefficient (Wildman–Crippen LogP) is 3.12. The van der Waals surface area contributed by atoms with Crippen LogP contribution in [0.1, 0.15) is 47.5 Å². The molecule has 0 radical (unpaired) electrons. The molecule has 6 nitrogen and oxygen atoms in total. The van der Waals surface area contributed by atoms with E-state index in [0.717, 1.165) is 0 Å². The third-order valence-electron chi connectivity index (χ3n) is 3.36. The number of amides is 1. The van der Waals surface area contributed by atoms with Crippen molar-refractivity contribution in [1.82, 2.24) is 16.0 Å². The number of guanidine groups is 1. The molecule has 9 heteroatoms. The van der Waals surface area contributed by atoms with E-state index in [4.69, 9.17) is 4.74 Å². The Morgan fingerprint density at radius 2 is 1.71 bits per heavy atom. The summed E-state index contributed by atoms with van der Waals surface area (Å²) in [4.78, 5) is 15.9. The minimum atomic E-state index is -2.46. The molecule has 144 valence electrons. The molecule has 3 N–H and O–H groups in total. The smallest absolute Gasteiger partial charge is 0.408 e. The lowest BCUT2D eigenvalue weighted by Crippen LogP contribution is -2.57. The molecule has 0 aliphatic heterocycles. The van der Waals surface area contributed by atoms with Crippen LogP contribution in [0.5, 0.6) is 0 Å². The average molecular weight is 464 g/mol. The number of aliphatic imine (C=N–C) groups is 1.